The third-order valence-electron chi connectivity index (χ3n) is 2.69. The van der Waals surface area contributed by atoms with E-state index in [2.05, 4.69) is 24.1 Å². The van der Waals surface area contributed by atoms with Crippen LogP contribution in [0.3, 0.4) is 0 Å². The molecule has 1 aromatic rings. The van der Waals surface area contributed by atoms with Crippen molar-refractivity contribution in [2.75, 3.05) is 6.54 Å². The predicted molar refractivity (Wildman–Crippen MR) is 72.2 cm³/mol. The lowest BCUT2D eigenvalue weighted by Crippen LogP contribution is -2.26. The first-order valence-electron chi connectivity index (χ1n) is 6.49. The molecule has 2 N–H and O–H groups in total. The van der Waals surface area contributed by atoms with E-state index in [1.165, 1.54) is 18.2 Å². The van der Waals surface area contributed by atoms with Crippen molar-refractivity contribution in [3.63, 3.8) is 0 Å². The minimum Gasteiger partial charge on any atom is -0.477 e. The van der Waals surface area contributed by atoms with Gasteiger partial charge in [-0.2, -0.15) is 0 Å². The lowest BCUT2D eigenvalue weighted by molar-refractivity contribution is 0.0690. The van der Waals surface area contributed by atoms with Gasteiger partial charge in [0.15, 0.2) is 0 Å². The van der Waals surface area contributed by atoms with Crippen LogP contribution in [-0.4, -0.2) is 28.5 Å². The predicted octanol–water partition coefficient (Wildman–Crippen LogP) is 2.34. The Bertz CT molecular complexity index is 444. The van der Waals surface area contributed by atoms with Crippen molar-refractivity contribution >= 4 is 11.9 Å². The van der Waals surface area contributed by atoms with E-state index in [9.17, 15) is 9.59 Å². The fraction of sp³-hybridized carbons (Fsp3) is 0.500. The number of hydrogen-bond donors (Lipinski definition) is 2. The quantitative estimate of drug-likeness (QED) is 0.741. The number of carbonyl (C=O) groups is 2. The molecule has 0 aliphatic carbocycles. The lowest BCUT2D eigenvalue weighted by atomic mass is 10.1. The van der Waals surface area contributed by atoms with Gasteiger partial charge in [-0.3, -0.25) is 4.79 Å². The topological polar surface area (TPSA) is 79.3 Å². The second-order valence-electron chi connectivity index (χ2n) is 4.86. The Balaban J connectivity index is 2.41. The van der Waals surface area contributed by atoms with Crippen molar-refractivity contribution in [1.29, 1.82) is 0 Å². The smallest absolute Gasteiger partial charge is 0.354 e. The van der Waals surface area contributed by atoms with Crippen LogP contribution in [0, 0.1) is 5.92 Å². The summed E-state index contributed by atoms with van der Waals surface area (Å²) >= 11 is 0. The number of amides is 1. The molecule has 0 atom stereocenters. The monoisotopic (exact) mass is 264 g/mol. The Labute approximate surface area is 113 Å². The molecular weight excluding hydrogens is 244 g/mol. The molecule has 0 saturated heterocycles. The van der Waals surface area contributed by atoms with Crippen LogP contribution >= 0.6 is 0 Å². The minimum atomic E-state index is -1.13. The van der Waals surface area contributed by atoms with Crippen LogP contribution in [0.2, 0.25) is 0 Å². The highest BCUT2D eigenvalue weighted by atomic mass is 16.4. The Kier molecular flexibility index (Phi) is 5.99. The van der Waals surface area contributed by atoms with Crippen LogP contribution in [0.5, 0.6) is 0 Å². The van der Waals surface area contributed by atoms with E-state index in [1.807, 2.05) is 0 Å². The molecule has 5 nitrogen and oxygen atoms in total. The molecule has 0 unspecified atom stereocenters. The number of carbonyl (C=O) groups excluding carboxylic acids is 1. The third kappa shape index (κ3) is 5.50. The number of carboxylic acids is 1. The zero-order valence-corrected chi connectivity index (χ0v) is 11.3. The maximum atomic E-state index is 11.7. The molecule has 5 heteroatoms. The zero-order valence-electron chi connectivity index (χ0n) is 11.3. The summed E-state index contributed by atoms with van der Waals surface area (Å²) in [6.07, 6.45) is 3.13. The molecule has 1 amide bonds. The highest BCUT2D eigenvalue weighted by Crippen LogP contribution is 2.05. The van der Waals surface area contributed by atoms with E-state index < -0.39 is 5.97 Å². The van der Waals surface area contributed by atoms with Crippen molar-refractivity contribution < 1.29 is 14.7 Å². The molecule has 1 aromatic heterocycles. The minimum absolute atomic E-state index is 0.118. The van der Waals surface area contributed by atoms with Gasteiger partial charge in [-0.1, -0.05) is 32.8 Å². The normalized spacial score (nSPS) is 10.5. The number of unbranched alkanes of at least 4 members (excludes halogenated alkanes) is 1. The summed E-state index contributed by atoms with van der Waals surface area (Å²) in [5.74, 6) is -0.788. The van der Waals surface area contributed by atoms with Gasteiger partial charge < -0.3 is 10.4 Å². The van der Waals surface area contributed by atoms with Gasteiger partial charge in [0.25, 0.3) is 5.91 Å². The summed E-state index contributed by atoms with van der Waals surface area (Å²) in [7, 11) is 0. The number of rotatable bonds is 7. The summed E-state index contributed by atoms with van der Waals surface area (Å²) in [4.78, 5) is 26.3. The first-order valence-corrected chi connectivity index (χ1v) is 6.49. The SMILES string of the molecule is CC(C)CCCCNC(=O)c1cccc(C(=O)O)n1. The fourth-order valence-electron chi connectivity index (χ4n) is 1.65. The molecule has 0 fully saturated rings. The second-order valence-corrected chi connectivity index (χ2v) is 4.86. The van der Waals surface area contributed by atoms with Gasteiger partial charge in [-0.05, 0) is 24.5 Å². The average Bonchev–Trinajstić information content (AvgIpc) is 2.37. The molecule has 1 rings (SSSR count). The van der Waals surface area contributed by atoms with Crippen molar-refractivity contribution in [2.45, 2.75) is 33.1 Å². The number of nitrogens with one attached hydrogen (secondary N) is 1. The van der Waals surface area contributed by atoms with E-state index in [4.69, 9.17) is 5.11 Å². The van der Waals surface area contributed by atoms with Crippen LogP contribution in [0.1, 0.15) is 54.1 Å². The van der Waals surface area contributed by atoms with Gasteiger partial charge in [-0.25, -0.2) is 9.78 Å². The second kappa shape index (κ2) is 7.51. The van der Waals surface area contributed by atoms with E-state index >= 15 is 0 Å². The number of carboxylic acid groups (broad SMARTS) is 1. The Morgan fingerprint density at radius 3 is 2.58 bits per heavy atom. The maximum Gasteiger partial charge on any atom is 0.354 e. The van der Waals surface area contributed by atoms with Crippen molar-refractivity contribution in [3.8, 4) is 0 Å². The first-order chi connectivity index (χ1) is 9.00. The molecule has 0 aliphatic heterocycles. The summed E-state index contributed by atoms with van der Waals surface area (Å²) < 4.78 is 0. The molecular formula is C14H20N2O3. The third-order valence-corrected chi connectivity index (χ3v) is 2.69. The Morgan fingerprint density at radius 2 is 1.95 bits per heavy atom. The Hall–Kier alpha value is -1.91. The van der Waals surface area contributed by atoms with E-state index in [0.717, 1.165) is 19.3 Å². The molecule has 0 radical (unpaired) electrons. The standard InChI is InChI=1S/C14H20N2O3/c1-10(2)6-3-4-9-15-13(17)11-7-5-8-12(16-11)14(18)19/h5,7-8,10H,3-4,6,9H2,1-2H3,(H,15,17)(H,18,19). The summed E-state index contributed by atoms with van der Waals surface area (Å²) in [5.41, 5.74) is 0.0243. The van der Waals surface area contributed by atoms with Gasteiger partial charge in [-0.15, -0.1) is 0 Å². The molecule has 0 bridgehead atoms. The first kappa shape index (κ1) is 15.1. The van der Waals surface area contributed by atoms with Crippen LogP contribution in [0.15, 0.2) is 18.2 Å². The maximum absolute atomic E-state index is 11.7. The number of nitrogens with zero attached hydrogens (tertiary/aromatic N) is 1. The molecule has 19 heavy (non-hydrogen) atoms. The molecule has 0 spiro atoms. The van der Waals surface area contributed by atoms with Gasteiger partial charge >= 0.3 is 5.97 Å². The number of aromatic nitrogens is 1. The zero-order chi connectivity index (χ0) is 14.3. The van der Waals surface area contributed by atoms with Gasteiger partial charge in [0.1, 0.15) is 11.4 Å². The van der Waals surface area contributed by atoms with Gasteiger partial charge in [0.05, 0.1) is 0 Å². The van der Waals surface area contributed by atoms with Crippen LogP contribution in [0.25, 0.3) is 0 Å². The van der Waals surface area contributed by atoms with Crippen LogP contribution < -0.4 is 5.32 Å². The van der Waals surface area contributed by atoms with Gasteiger partial charge in [0.2, 0.25) is 0 Å². The van der Waals surface area contributed by atoms with Crippen molar-refractivity contribution in [1.82, 2.24) is 10.3 Å². The summed E-state index contributed by atoms with van der Waals surface area (Å²) in [6.45, 7) is 4.92. The summed E-state index contributed by atoms with van der Waals surface area (Å²) in [6, 6.07) is 4.39. The van der Waals surface area contributed by atoms with E-state index in [0.29, 0.717) is 12.5 Å². The highest BCUT2D eigenvalue weighted by molar-refractivity contribution is 5.94. The molecule has 0 aromatic carbocycles. The molecule has 1 heterocycles. The highest BCUT2D eigenvalue weighted by Gasteiger charge is 2.10. The van der Waals surface area contributed by atoms with Crippen LogP contribution in [-0.2, 0) is 0 Å². The molecule has 104 valence electrons. The summed E-state index contributed by atoms with van der Waals surface area (Å²) in [5, 5.41) is 11.5. The largest absolute Gasteiger partial charge is 0.477 e. The average molecular weight is 264 g/mol. The van der Waals surface area contributed by atoms with Crippen molar-refractivity contribution in [2.24, 2.45) is 5.92 Å². The lowest BCUT2D eigenvalue weighted by Gasteiger charge is -2.06. The number of hydrogen-bond acceptors (Lipinski definition) is 3. The van der Waals surface area contributed by atoms with E-state index in [-0.39, 0.29) is 17.3 Å². The fourth-order valence-corrected chi connectivity index (χ4v) is 1.65. The van der Waals surface area contributed by atoms with Gasteiger partial charge in [0, 0.05) is 6.54 Å². The Morgan fingerprint density at radius 1 is 1.26 bits per heavy atom. The van der Waals surface area contributed by atoms with Crippen LogP contribution in [0.4, 0.5) is 0 Å². The number of aromatic carboxylic acids is 1. The molecule has 0 saturated carbocycles. The molecule has 0 aliphatic rings. The number of pyridine rings is 1. The van der Waals surface area contributed by atoms with E-state index in [1.54, 1.807) is 0 Å². The van der Waals surface area contributed by atoms with Crippen molar-refractivity contribution in [3.05, 3.63) is 29.6 Å².